The van der Waals surface area contributed by atoms with Crippen LogP contribution >= 0.6 is 11.8 Å². The molecule has 1 aliphatic rings. The lowest BCUT2D eigenvalue weighted by Gasteiger charge is -2.39. The highest BCUT2D eigenvalue weighted by molar-refractivity contribution is 7.98. The minimum Gasteiger partial charge on any atom is -0.484 e. The van der Waals surface area contributed by atoms with Crippen LogP contribution in [0.5, 0.6) is 5.75 Å². The molecule has 164 valence electrons. The Kier molecular flexibility index (Phi) is 9.98. The third kappa shape index (κ3) is 7.22. The van der Waals surface area contributed by atoms with Gasteiger partial charge in [0.05, 0.1) is 6.07 Å². The molecule has 1 heterocycles. The SMILES string of the molecule is CSCCC(NC(=O)COc1ccccc1)C(=O)N1CCN(C(C#N)C(C)C)CC1. The molecule has 2 unspecified atom stereocenters. The highest BCUT2D eigenvalue weighted by atomic mass is 32.2. The molecule has 0 saturated carbocycles. The Balaban J connectivity index is 1.90. The van der Waals surface area contributed by atoms with Gasteiger partial charge in [0.1, 0.15) is 17.8 Å². The molecule has 1 aromatic rings. The molecule has 0 aromatic heterocycles. The van der Waals surface area contributed by atoms with Crippen molar-refractivity contribution in [3.63, 3.8) is 0 Å². The molecule has 0 aliphatic carbocycles. The number of nitrogens with one attached hydrogen (secondary N) is 1. The summed E-state index contributed by atoms with van der Waals surface area (Å²) in [6.07, 6.45) is 2.55. The number of para-hydroxylation sites is 1. The molecule has 7 nitrogen and oxygen atoms in total. The summed E-state index contributed by atoms with van der Waals surface area (Å²) < 4.78 is 5.49. The first-order valence-electron chi connectivity index (χ1n) is 10.3. The molecule has 2 rings (SSSR count). The highest BCUT2D eigenvalue weighted by Crippen LogP contribution is 2.15. The second-order valence-electron chi connectivity index (χ2n) is 7.68. The predicted molar refractivity (Wildman–Crippen MR) is 119 cm³/mol. The van der Waals surface area contributed by atoms with Gasteiger partial charge in [-0.2, -0.15) is 17.0 Å². The summed E-state index contributed by atoms with van der Waals surface area (Å²) in [6.45, 7) is 6.42. The van der Waals surface area contributed by atoms with Crippen molar-refractivity contribution >= 4 is 23.6 Å². The van der Waals surface area contributed by atoms with Gasteiger partial charge in [0.2, 0.25) is 5.91 Å². The second kappa shape index (κ2) is 12.5. The number of hydrogen-bond acceptors (Lipinski definition) is 6. The van der Waals surface area contributed by atoms with Crippen LogP contribution < -0.4 is 10.1 Å². The lowest BCUT2D eigenvalue weighted by Crippen LogP contribution is -2.57. The zero-order valence-electron chi connectivity index (χ0n) is 18.0. The Morgan fingerprint density at radius 1 is 1.20 bits per heavy atom. The molecule has 2 amide bonds. The Hall–Kier alpha value is -2.24. The van der Waals surface area contributed by atoms with Crippen LogP contribution in [0.4, 0.5) is 0 Å². The van der Waals surface area contributed by atoms with E-state index in [9.17, 15) is 14.9 Å². The van der Waals surface area contributed by atoms with E-state index in [1.54, 1.807) is 28.8 Å². The summed E-state index contributed by atoms with van der Waals surface area (Å²) in [6, 6.07) is 10.8. The number of hydrogen-bond donors (Lipinski definition) is 1. The smallest absolute Gasteiger partial charge is 0.258 e. The van der Waals surface area contributed by atoms with Gasteiger partial charge in [-0.1, -0.05) is 32.0 Å². The van der Waals surface area contributed by atoms with E-state index in [0.29, 0.717) is 38.3 Å². The van der Waals surface area contributed by atoms with Gasteiger partial charge in [0.15, 0.2) is 6.61 Å². The van der Waals surface area contributed by atoms with Gasteiger partial charge in [-0.05, 0) is 36.5 Å². The molecule has 0 radical (unpaired) electrons. The second-order valence-corrected chi connectivity index (χ2v) is 8.67. The zero-order valence-corrected chi connectivity index (χ0v) is 18.9. The van der Waals surface area contributed by atoms with Crippen LogP contribution in [-0.4, -0.2) is 78.5 Å². The standard InChI is InChI=1S/C22H32N4O3S/c1-17(2)20(15-23)25-10-12-26(13-11-25)22(28)19(9-14-30-3)24-21(27)16-29-18-7-5-4-6-8-18/h4-8,17,19-20H,9-14,16H2,1-3H3,(H,24,27). The Labute approximate surface area is 183 Å². The van der Waals surface area contributed by atoms with Gasteiger partial charge in [0.25, 0.3) is 5.91 Å². The summed E-state index contributed by atoms with van der Waals surface area (Å²) in [4.78, 5) is 29.4. The minimum atomic E-state index is -0.562. The van der Waals surface area contributed by atoms with Crippen LogP contribution in [0.2, 0.25) is 0 Å². The number of carbonyl (C=O) groups is 2. The lowest BCUT2D eigenvalue weighted by molar-refractivity contribution is -0.138. The third-order valence-electron chi connectivity index (χ3n) is 5.14. The molecular weight excluding hydrogens is 400 g/mol. The summed E-state index contributed by atoms with van der Waals surface area (Å²) >= 11 is 1.64. The first kappa shape index (κ1) is 24.0. The van der Waals surface area contributed by atoms with Gasteiger partial charge in [-0.15, -0.1) is 0 Å². The van der Waals surface area contributed by atoms with Crippen molar-refractivity contribution in [1.82, 2.24) is 15.1 Å². The zero-order chi connectivity index (χ0) is 21.9. The number of benzene rings is 1. The molecule has 30 heavy (non-hydrogen) atoms. The van der Waals surface area contributed by atoms with Gasteiger partial charge >= 0.3 is 0 Å². The number of nitrogens with zero attached hydrogens (tertiary/aromatic N) is 3. The number of nitriles is 1. The van der Waals surface area contributed by atoms with Crippen LogP contribution in [-0.2, 0) is 9.59 Å². The summed E-state index contributed by atoms with van der Waals surface area (Å²) in [5.74, 6) is 1.28. The van der Waals surface area contributed by atoms with Crippen molar-refractivity contribution < 1.29 is 14.3 Å². The molecule has 1 aromatic carbocycles. The van der Waals surface area contributed by atoms with Crippen LogP contribution in [0.25, 0.3) is 0 Å². The molecule has 0 spiro atoms. The average molecular weight is 433 g/mol. The molecule has 1 aliphatic heterocycles. The maximum Gasteiger partial charge on any atom is 0.258 e. The van der Waals surface area contributed by atoms with Gasteiger partial charge < -0.3 is 15.0 Å². The van der Waals surface area contributed by atoms with E-state index < -0.39 is 6.04 Å². The molecule has 1 fully saturated rings. The quantitative estimate of drug-likeness (QED) is 0.609. The molecule has 8 heteroatoms. The van der Waals surface area contributed by atoms with Crippen molar-refractivity contribution in [3.05, 3.63) is 30.3 Å². The minimum absolute atomic E-state index is 0.0604. The van der Waals surface area contributed by atoms with E-state index >= 15 is 0 Å². The fraction of sp³-hybridized carbons (Fsp3) is 0.591. The summed E-state index contributed by atoms with van der Waals surface area (Å²) in [5.41, 5.74) is 0. The molecular formula is C22H32N4O3S. The fourth-order valence-corrected chi connectivity index (χ4v) is 3.96. The molecule has 0 bridgehead atoms. The number of carbonyl (C=O) groups excluding carboxylic acids is 2. The molecule has 1 N–H and O–H groups in total. The van der Waals surface area contributed by atoms with E-state index in [1.165, 1.54) is 0 Å². The third-order valence-corrected chi connectivity index (χ3v) is 5.78. The summed E-state index contributed by atoms with van der Waals surface area (Å²) in [7, 11) is 0. The number of amides is 2. The fourth-order valence-electron chi connectivity index (χ4n) is 3.49. The van der Waals surface area contributed by atoms with E-state index in [0.717, 1.165) is 5.75 Å². The molecule has 1 saturated heterocycles. The number of rotatable bonds is 10. The lowest BCUT2D eigenvalue weighted by atomic mass is 10.0. The summed E-state index contributed by atoms with van der Waals surface area (Å²) in [5, 5.41) is 12.3. The number of thioether (sulfide) groups is 1. The normalized spacial score (nSPS) is 16.6. The van der Waals surface area contributed by atoms with Crippen LogP contribution in [0.15, 0.2) is 30.3 Å². The van der Waals surface area contributed by atoms with Crippen molar-refractivity contribution in [2.75, 3.05) is 44.8 Å². The van der Waals surface area contributed by atoms with E-state index in [1.807, 2.05) is 38.3 Å². The van der Waals surface area contributed by atoms with Gasteiger partial charge in [-0.3, -0.25) is 14.5 Å². The van der Waals surface area contributed by atoms with Gasteiger partial charge in [0, 0.05) is 26.2 Å². The first-order valence-corrected chi connectivity index (χ1v) is 11.7. The van der Waals surface area contributed by atoms with E-state index in [2.05, 4.69) is 16.3 Å². The largest absolute Gasteiger partial charge is 0.484 e. The number of piperazine rings is 1. The Morgan fingerprint density at radius 3 is 2.43 bits per heavy atom. The van der Waals surface area contributed by atoms with Crippen molar-refractivity contribution in [1.29, 1.82) is 5.26 Å². The topological polar surface area (TPSA) is 85.7 Å². The van der Waals surface area contributed by atoms with Crippen LogP contribution in [0, 0.1) is 17.2 Å². The molecule has 2 atom stereocenters. The predicted octanol–water partition coefficient (Wildman–Crippen LogP) is 2.00. The Morgan fingerprint density at radius 2 is 1.87 bits per heavy atom. The maximum absolute atomic E-state index is 13.1. The van der Waals surface area contributed by atoms with E-state index in [4.69, 9.17) is 4.74 Å². The van der Waals surface area contributed by atoms with Crippen molar-refractivity contribution in [3.8, 4) is 11.8 Å². The maximum atomic E-state index is 13.1. The Bertz CT molecular complexity index is 715. The van der Waals surface area contributed by atoms with Crippen LogP contribution in [0.1, 0.15) is 20.3 Å². The van der Waals surface area contributed by atoms with Crippen molar-refractivity contribution in [2.24, 2.45) is 5.92 Å². The monoisotopic (exact) mass is 432 g/mol. The first-order chi connectivity index (χ1) is 14.5. The number of ether oxygens (including phenoxy) is 1. The van der Waals surface area contributed by atoms with E-state index in [-0.39, 0.29) is 30.4 Å². The highest BCUT2D eigenvalue weighted by Gasteiger charge is 2.31. The average Bonchev–Trinajstić information content (AvgIpc) is 2.76. The van der Waals surface area contributed by atoms with Crippen LogP contribution in [0.3, 0.4) is 0 Å². The van der Waals surface area contributed by atoms with Gasteiger partial charge in [-0.25, -0.2) is 0 Å². The van der Waals surface area contributed by atoms with Crippen molar-refractivity contribution in [2.45, 2.75) is 32.4 Å².